The van der Waals surface area contributed by atoms with Gasteiger partial charge < -0.3 is 24.8 Å². The average molecular weight is 296 g/mol. The summed E-state index contributed by atoms with van der Waals surface area (Å²) in [5, 5.41) is 0. The fraction of sp³-hybridized carbons (Fsp3) is 0.533. The Morgan fingerprint density at radius 3 is 2.24 bits per heavy atom. The SMILES string of the molecule is COCCN(C(=O)c1cc(OC)c(OC)cc1N)C(C)C. The van der Waals surface area contributed by atoms with Crippen molar-refractivity contribution in [2.24, 2.45) is 0 Å². The first kappa shape index (κ1) is 17.1. The van der Waals surface area contributed by atoms with Crippen molar-refractivity contribution in [1.29, 1.82) is 0 Å². The lowest BCUT2D eigenvalue weighted by Gasteiger charge is -2.27. The van der Waals surface area contributed by atoms with Crippen LogP contribution in [0.4, 0.5) is 5.69 Å². The van der Waals surface area contributed by atoms with E-state index < -0.39 is 0 Å². The molecule has 1 aromatic rings. The van der Waals surface area contributed by atoms with E-state index in [1.54, 1.807) is 24.1 Å². The predicted octanol–water partition coefficient (Wildman–Crippen LogP) is 1.78. The number of carbonyl (C=O) groups excluding carboxylic acids is 1. The Bertz CT molecular complexity index is 489. The van der Waals surface area contributed by atoms with Gasteiger partial charge in [0.2, 0.25) is 0 Å². The van der Waals surface area contributed by atoms with Gasteiger partial charge >= 0.3 is 0 Å². The van der Waals surface area contributed by atoms with Crippen LogP contribution in [0.1, 0.15) is 24.2 Å². The van der Waals surface area contributed by atoms with Gasteiger partial charge in [0, 0.05) is 31.5 Å². The van der Waals surface area contributed by atoms with Crippen molar-refractivity contribution in [2.45, 2.75) is 19.9 Å². The zero-order chi connectivity index (χ0) is 16.0. The van der Waals surface area contributed by atoms with Crippen LogP contribution in [-0.4, -0.2) is 51.3 Å². The first-order valence-electron chi connectivity index (χ1n) is 6.77. The van der Waals surface area contributed by atoms with E-state index >= 15 is 0 Å². The Hall–Kier alpha value is -1.95. The van der Waals surface area contributed by atoms with Crippen LogP contribution in [0.2, 0.25) is 0 Å². The molecule has 1 aromatic carbocycles. The lowest BCUT2D eigenvalue weighted by molar-refractivity contribution is 0.0635. The number of hydrogen-bond donors (Lipinski definition) is 1. The zero-order valence-electron chi connectivity index (χ0n) is 13.3. The normalized spacial score (nSPS) is 10.6. The highest BCUT2D eigenvalue weighted by Gasteiger charge is 2.22. The molecule has 0 aromatic heterocycles. The van der Waals surface area contributed by atoms with E-state index in [-0.39, 0.29) is 11.9 Å². The number of amides is 1. The van der Waals surface area contributed by atoms with E-state index in [1.165, 1.54) is 14.2 Å². The average Bonchev–Trinajstić information content (AvgIpc) is 2.46. The maximum atomic E-state index is 12.7. The summed E-state index contributed by atoms with van der Waals surface area (Å²) in [6, 6.07) is 3.25. The Morgan fingerprint density at radius 2 is 1.76 bits per heavy atom. The van der Waals surface area contributed by atoms with Crippen molar-refractivity contribution in [3.63, 3.8) is 0 Å². The van der Waals surface area contributed by atoms with E-state index in [9.17, 15) is 4.79 Å². The van der Waals surface area contributed by atoms with Crippen molar-refractivity contribution >= 4 is 11.6 Å². The Kier molecular flexibility index (Phi) is 6.30. The summed E-state index contributed by atoms with van der Waals surface area (Å²) in [5.74, 6) is 0.825. The Morgan fingerprint density at radius 1 is 1.19 bits per heavy atom. The number of benzene rings is 1. The second-order valence-electron chi connectivity index (χ2n) is 4.88. The zero-order valence-corrected chi connectivity index (χ0v) is 13.3. The Balaban J connectivity index is 3.15. The monoisotopic (exact) mass is 296 g/mol. The van der Waals surface area contributed by atoms with Crippen molar-refractivity contribution in [3.8, 4) is 11.5 Å². The summed E-state index contributed by atoms with van der Waals surface area (Å²) in [6.45, 7) is 4.87. The van der Waals surface area contributed by atoms with Gasteiger partial charge in [-0.2, -0.15) is 0 Å². The van der Waals surface area contributed by atoms with E-state index in [0.717, 1.165) is 0 Å². The molecule has 2 N–H and O–H groups in total. The number of nitrogens with two attached hydrogens (primary N) is 1. The van der Waals surface area contributed by atoms with Gasteiger partial charge in [-0.15, -0.1) is 0 Å². The molecule has 21 heavy (non-hydrogen) atoms. The second-order valence-corrected chi connectivity index (χ2v) is 4.88. The quantitative estimate of drug-likeness (QED) is 0.776. The van der Waals surface area contributed by atoms with E-state index in [1.807, 2.05) is 13.8 Å². The Labute approximate surface area is 125 Å². The maximum Gasteiger partial charge on any atom is 0.256 e. The molecular weight excluding hydrogens is 272 g/mol. The highest BCUT2D eigenvalue weighted by atomic mass is 16.5. The number of carbonyl (C=O) groups is 1. The third-order valence-electron chi connectivity index (χ3n) is 3.21. The molecule has 1 rings (SSSR count). The van der Waals surface area contributed by atoms with Gasteiger partial charge in [-0.05, 0) is 19.9 Å². The first-order valence-corrected chi connectivity index (χ1v) is 6.77. The molecule has 6 heteroatoms. The number of hydrogen-bond acceptors (Lipinski definition) is 5. The summed E-state index contributed by atoms with van der Waals surface area (Å²) in [4.78, 5) is 14.4. The standard InChI is InChI=1S/C15H24N2O4/c1-10(2)17(6-7-19-3)15(18)11-8-13(20-4)14(21-5)9-12(11)16/h8-10H,6-7,16H2,1-5H3. The van der Waals surface area contributed by atoms with Crippen LogP contribution in [0.3, 0.4) is 0 Å². The molecule has 0 aliphatic heterocycles. The highest BCUT2D eigenvalue weighted by molar-refractivity contribution is 6.00. The third kappa shape index (κ3) is 4.01. The number of nitrogen functional groups attached to an aromatic ring is 1. The highest BCUT2D eigenvalue weighted by Crippen LogP contribution is 2.32. The molecule has 0 aliphatic carbocycles. The van der Waals surface area contributed by atoms with Gasteiger partial charge in [0.1, 0.15) is 0 Å². The molecule has 0 atom stereocenters. The molecule has 0 heterocycles. The summed E-state index contributed by atoms with van der Waals surface area (Å²) >= 11 is 0. The minimum atomic E-state index is -0.152. The van der Waals surface area contributed by atoms with Crippen LogP contribution < -0.4 is 15.2 Å². The molecule has 0 spiro atoms. The van der Waals surface area contributed by atoms with Crippen LogP contribution in [0.15, 0.2) is 12.1 Å². The minimum absolute atomic E-state index is 0.0418. The van der Waals surface area contributed by atoms with Gasteiger partial charge in [0.15, 0.2) is 11.5 Å². The summed E-state index contributed by atoms with van der Waals surface area (Å²) in [7, 11) is 4.65. The minimum Gasteiger partial charge on any atom is -0.493 e. The molecule has 6 nitrogen and oxygen atoms in total. The smallest absolute Gasteiger partial charge is 0.256 e. The fourth-order valence-electron chi connectivity index (χ4n) is 2.02. The topological polar surface area (TPSA) is 74.0 Å². The summed E-state index contributed by atoms with van der Waals surface area (Å²) in [5.41, 5.74) is 6.74. The summed E-state index contributed by atoms with van der Waals surface area (Å²) in [6.07, 6.45) is 0. The van der Waals surface area contributed by atoms with Crippen LogP contribution >= 0.6 is 0 Å². The molecule has 0 aliphatic rings. The van der Waals surface area contributed by atoms with E-state index in [4.69, 9.17) is 19.9 Å². The second kappa shape index (κ2) is 7.73. The lowest BCUT2D eigenvalue weighted by atomic mass is 10.1. The first-order chi connectivity index (χ1) is 9.96. The third-order valence-corrected chi connectivity index (χ3v) is 3.21. The van der Waals surface area contributed by atoms with Crippen LogP contribution in [0.5, 0.6) is 11.5 Å². The predicted molar refractivity (Wildman–Crippen MR) is 82.0 cm³/mol. The molecule has 0 radical (unpaired) electrons. The molecule has 0 bridgehead atoms. The van der Waals surface area contributed by atoms with Crippen molar-refractivity contribution in [3.05, 3.63) is 17.7 Å². The van der Waals surface area contributed by atoms with Crippen LogP contribution in [-0.2, 0) is 4.74 Å². The number of nitrogens with zero attached hydrogens (tertiary/aromatic N) is 1. The van der Waals surface area contributed by atoms with Crippen molar-refractivity contribution in [2.75, 3.05) is 40.2 Å². The number of ether oxygens (including phenoxy) is 3. The molecule has 118 valence electrons. The van der Waals surface area contributed by atoms with Gasteiger partial charge in [0.05, 0.1) is 26.4 Å². The maximum absolute atomic E-state index is 12.7. The molecule has 1 amide bonds. The number of methoxy groups -OCH3 is 3. The molecule has 0 saturated heterocycles. The van der Waals surface area contributed by atoms with E-state index in [2.05, 4.69) is 0 Å². The van der Waals surface area contributed by atoms with Gasteiger partial charge in [-0.25, -0.2) is 0 Å². The number of rotatable bonds is 7. The molecule has 0 fully saturated rings. The van der Waals surface area contributed by atoms with Gasteiger partial charge in [-0.1, -0.05) is 0 Å². The molecule has 0 saturated carbocycles. The largest absolute Gasteiger partial charge is 0.493 e. The fourth-order valence-corrected chi connectivity index (χ4v) is 2.02. The molecule has 0 unspecified atom stereocenters. The lowest BCUT2D eigenvalue weighted by Crippen LogP contribution is -2.39. The summed E-state index contributed by atoms with van der Waals surface area (Å²) < 4.78 is 15.5. The van der Waals surface area contributed by atoms with Gasteiger partial charge in [-0.3, -0.25) is 4.79 Å². The van der Waals surface area contributed by atoms with Crippen LogP contribution in [0.25, 0.3) is 0 Å². The van der Waals surface area contributed by atoms with E-state index in [0.29, 0.717) is 35.9 Å². The van der Waals surface area contributed by atoms with Crippen molar-refractivity contribution < 1.29 is 19.0 Å². The molecular formula is C15H24N2O4. The van der Waals surface area contributed by atoms with Crippen LogP contribution in [0, 0.1) is 0 Å². The van der Waals surface area contributed by atoms with Gasteiger partial charge in [0.25, 0.3) is 5.91 Å². The number of anilines is 1. The van der Waals surface area contributed by atoms with Crippen molar-refractivity contribution in [1.82, 2.24) is 4.90 Å².